The molecule has 0 unspecified atom stereocenters. The summed E-state index contributed by atoms with van der Waals surface area (Å²) in [6.07, 6.45) is 1.86. The van der Waals surface area contributed by atoms with Crippen molar-refractivity contribution in [2.75, 3.05) is 30.0 Å². The topological polar surface area (TPSA) is 34.6 Å². The first-order valence-electron chi connectivity index (χ1n) is 7.21. The fourth-order valence-electron chi connectivity index (χ4n) is 2.62. The fraction of sp³-hybridized carbons (Fsp3) is 0.438. The van der Waals surface area contributed by atoms with Crippen LogP contribution in [0.5, 0.6) is 11.5 Å². The molecule has 0 radical (unpaired) electrons. The summed E-state index contributed by atoms with van der Waals surface area (Å²) >= 11 is 3.53. The molecule has 21 heavy (non-hydrogen) atoms. The summed E-state index contributed by atoms with van der Waals surface area (Å²) < 4.78 is 11.4. The van der Waals surface area contributed by atoms with Crippen molar-refractivity contribution in [1.82, 2.24) is 4.98 Å². The SMILES string of the molecule is CC(C)N(CCBr)c1nccc2cc3c(cc12)OCCO3. The average molecular weight is 351 g/mol. The molecule has 3 rings (SSSR count). The Kier molecular flexibility index (Phi) is 4.19. The quantitative estimate of drug-likeness (QED) is 0.788. The summed E-state index contributed by atoms with van der Waals surface area (Å²) in [5.74, 6) is 2.63. The van der Waals surface area contributed by atoms with E-state index in [9.17, 15) is 0 Å². The van der Waals surface area contributed by atoms with E-state index in [1.807, 2.05) is 18.3 Å². The summed E-state index contributed by atoms with van der Waals surface area (Å²) in [6.45, 7) is 6.49. The number of aromatic nitrogens is 1. The monoisotopic (exact) mass is 350 g/mol. The molecule has 0 fully saturated rings. The number of hydrogen-bond acceptors (Lipinski definition) is 4. The fourth-order valence-corrected chi connectivity index (χ4v) is 3.00. The zero-order valence-corrected chi connectivity index (χ0v) is 13.9. The van der Waals surface area contributed by atoms with Crippen molar-refractivity contribution < 1.29 is 9.47 Å². The van der Waals surface area contributed by atoms with E-state index >= 15 is 0 Å². The van der Waals surface area contributed by atoms with Gasteiger partial charge in [0.25, 0.3) is 0 Å². The minimum absolute atomic E-state index is 0.383. The number of hydrogen-bond donors (Lipinski definition) is 0. The van der Waals surface area contributed by atoms with Crippen LogP contribution in [0, 0.1) is 0 Å². The van der Waals surface area contributed by atoms with E-state index < -0.39 is 0 Å². The molecule has 0 aliphatic carbocycles. The largest absolute Gasteiger partial charge is 0.486 e. The zero-order valence-electron chi connectivity index (χ0n) is 12.3. The Hall–Kier alpha value is -1.49. The molecule has 5 heteroatoms. The van der Waals surface area contributed by atoms with Crippen LogP contribution >= 0.6 is 15.9 Å². The van der Waals surface area contributed by atoms with Crippen LogP contribution in [0.15, 0.2) is 24.4 Å². The van der Waals surface area contributed by atoms with Gasteiger partial charge in [0.2, 0.25) is 0 Å². The van der Waals surface area contributed by atoms with Crippen molar-refractivity contribution in [2.24, 2.45) is 0 Å². The minimum Gasteiger partial charge on any atom is -0.486 e. The molecule has 1 aliphatic heterocycles. The van der Waals surface area contributed by atoms with Crippen LogP contribution in [0.3, 0.4) is 0 Å². The maximum atomic E-state index is 5.71. The standard InChI is InChI=1S/C16H19BrN2O2/c1-11(2)19(6-4-17)16-13-10-15-14(20-7-8-21-15)9-12(13)3-5-18-16/h3,5,9-11H,4,6-8H2,1-2H3. The average Bonchev–Trinajstić information content (AvgIpc) is 2.50. The second-order valence-corrected chi connectivity index (χ2v) is 6.12. The molecular weight excluding hydrogens is 332 g/mol. The molecule has 0 spiro atoms. The highest BCUT2D eigenvalue weighted by molar-refractivity contribution is 9.09. The Labute approximate surface area is 133 Å². The lowest BCUT2D eigenvalue weighted by Crippen LogP contribution is -2.33. The highest BCUT2D eigenvalue weighted by Crippen LogP contribution is 2.37. The van der Waals surface area contributed by atoms with E-state index in [0.717, 1.165) is 40.0 Å². The molecular formula is C16H19BrN2O2. The lowest BCUT2D eigenvalue weighted by Gasteiger charge is -2.28. The van der Waals surface area contributed by atoms with Crippen molar-refractivity contribution in [1.29, 1.82) is 0 Å². The normalized spacial score (nSPS) is 13.7. The van der Waals surface area contributed by atoms with Crippen LogP contribution in [0.25, 0.3) is 10.8 Å². The van der Waals surface area contributed by atoms with E-state index in [1.54, 1.807) is 0 Å². The van der Waals surface area contributed by atoms with Gasteiger partial charge in [-0.3, -0.25) is 0 Å². The number of alkyl halides is 1. The second kappa shape index (κ2) is 6.10. The van der Waals surface area contributed by atoms with Crippen molar-refractivity contribution in [2.45, 2.75) is 19.9 Å². The van der Waals surface area contributed by atoms with Gasteiger partial charge in [0.1, 0.15) is 19.0 Å². The maximum Gasteiger partial charge on any atom is 0.162 e. The van der Waals surface area contributed by atoms with E-state index in [0.29, 0.717) is 19.3 Å². The van der Waals surface area contributed by atoms with Crippen LogP contribution < -0.4 is 14.4 Å². The van der Waals surface area contributed by atoms with Crippen LogP contribution in [-0.4, -0.2) is 36.1 Å². The Morgan fingerprint density at radius 2 is 1.95 bits per heavy atom. The lowest BCUT2D eigenvalue weighted by atomic mass is 10.1. The molecule has 112 valence electrons. The molecule has 0 atom stereocenters. The van der Waals surface area contributed by atoms with E-state index in [2.05, 4.69) is 45.7 Å². The summed E-state index contributed by atoms with van der Waals surface area (Å²) in [5.41, 5.74) is 0. The summed E-state index contributed by atoms with van der Waals surface area (Å²) in [6, 6.07) is 6.50. The van der Waals surface area contributed by atoms with Crippen molar-refractivity contribution in [3.63, 3.8) is 0 Å². The first kappa shape index (κ1) is 14.4. The van der Waals surface area contributed by atoms with Gasteiger partial charge in [-0.25, -0.2) is 4.98 Å². The number of anilines is 1. The number of pyridine rings is 1. The van der Waals surface area contributed by atoms with Gasteiger partial charge < -0.3 is 14.4 Å². The maximum absolute atomic E-state index is 5.71. The molecule has 0 N–H and O–H groups in total. The number of rotatable bonds is 4. The first-order valence-corrected chi connectivity index (χ1v) is 8.34. The Bertz CT molecular complexity index is 645. The van der Waals surface area contributed by atoms with Crippen LogP contribution in [0.1, 0.15) is 13.8 Å². The highest BCUT2D eigenvalue weighted by atomic mass is 79.9. The number of ether oxygens (including phenoxy) is 2. The molecule has 1 aromatic heterocycles. The van der Waals surface area contributed by atoms with Crippen LogP contribution in [0.4, 0.5) is 5.82 Å². The number of nitrogens with zero attached hydrogens (tertiary/aromatic N) is 2. The molecule has 1 aromatic carbocycles. The molecule has 2 heterocycles. The lowest BCUT2D eigenvalue weighted by molar-refractivity contribution is 0.172. The Morgan fingerprint density at radius 1 is 1.24 bits per heavy atom. The van der Waals surface area contributed by atoms with Gasteiger partial charge in [-0.05, 0) is 37.4 Å². The Balaban J connectivity index is 2.14. The smallest absolute Gasteiger partial charge is 0.162 e. The highest BCUT2D eigenvalue weighted by Gasteiger charge is 2.18. The number of halogens is 1. The van der Waals surface area contributed by atoms with Gasteiger partial charge in [-0.2, -0.15) is 0 Å². The van der Waals surface area contributed by atoms with Crippen LogP contribution in [0.2, 0.25) is 0 Å². The second-order valence-electron chi connectivity index (χ2n) is 5.33. The molecule has 2 aromatic rings. The molecule has 4 nitrogen and oxygen atoms in total. The van der Waals surface area contributed by atoms with Gasteiger partial charge in [0, 0.05) is 29.5 Å². The summed E-state index contributed by atoms with van der Waals surface area (Å²) in [5, 5.41) is 3.15. The third-order valence-corrected chi connectivity index (χ3v) is 3.98. The summed E-state index contributed by atoms with van der Waals surface area (Å²) in [4.78, 5) is 6.90. The van der Waals surface area contributed by atoms with Gasteiger partial charge in [-0.15, -0.1) is 0 Å². The molecule has 0 saturated carbocycles. The third kappa shape index (κ3) is 2.79. The molecule has 1 aliphatic rings. The molecule has 0 amide bonds. The van der Waals surface area contributed by atoms with Crippen molar-refractivity contribution in [3.05, 3.63) is 24.4 Å². The Morgan fingerprint density at radius 3 is 2.62 bits per heavy atom. The number of benzene rings is 1. The number of fused-ring (bicyclic) bond motifs is 2. The van der Waals surface area contributed by atoms with Crippen molar-refractivity contribution in [3.8, 4) is 11.5 Å². The van der Waals surface area contributed by atoms with Gasteiger partial charge in [0.15, 0.2) is 11.5 Å². The van der Waals surface area contributed by atoms with E-state index in [4.69, 9.17) is 9.47 Å². The van der Waals surface area contributed by atoms with Crippen LogP contribution in [-0.2, 0) is 0 Å². The van der Waals surface area contributed by atoms with E-state index in [-0.39, 0.29) is 0 Å². The van der Waals surface area contributed by atoms with E-state index in [1.165, 1.54) is 0 Å². The minimum atomic E-state index is 0.383. The summed E-state index contributed by atoms with van der Waals surface area (Å²) in [7, 11) is 0. The predicted octanol–water partition coefficient (Wildman–Crippen LogP) is 3.62. The molecule has 0 bridgehead atoms. The predicted molar refractivity (Wildman–Crippen MR) is 89.0 cm³/mol. The van der Waals surface area contributed by atoms with Gasteiger partial charge in [0.05, 0.1) is 0 Å². The third-order valence-electron chi connectivity index (χ3n) is 3.63. The van der Waals surface area contributed by atoms with Gasteiger partial charge in [-0.1, -0.05) is 15.9 Å². The van der Waals surface area contributed by atoms with Gasteiger partial charge >= 0.3 is 0 Å². The first-order chi connectivity index (χ1) is 10.2. The zero-order chi connectivity index (χ0) is 14.8. The van der Waals surface area contributed by atoms with Crippen molar-refractivity contribution >= 4 is 32.5 Å². The molecule has 0 saturated heterocycles.